The summed E-state index contributed by atoms with van der Waals surface area (Å²) in [4.78, 5) is 23.8. The van der Waals surface area contributed by atoms with Crippen molar-refractivity contribution in [3.8, 4) is 11.3 Å². The molecule has 0 spiro atoms. The summed E-state index contributed by atoms with van der Waals surface area (Å²) in [5.74, 6) is -2.50. The number of nitrogens with one attached hydrogen (secondary N) is 2. The summed E-state index contributed by atoms with van der Waals surface area (Å²) in [6.45, 7) is 0. The van der Waals surface area contributed by atoms with Crippen molar-refractivity contribution in [1.29, 1.82) is 0 Å². The van der Waals surface area contributed by atoms with Gasteiger partial charge in [-0.3, -0.25) is 14.7 Å². The van der Waals surface area contributed by atoms with Crippen molar-refractivity contribution >= 4 is 17.6 Å². The molecule has 1 amide bonds. The number of hydrogen-bond acceptors (Lipinski definition) is 3. The van der Waals surface area contributed by atoms with Crippen LogP contribution in [-0.4, -0.2) is 27.2 Å². The summed E-state index contributed by atoms with van der Waals surface area (Å²) in [7, 11) is 0. The number of H-pyrrole nitrogens is 1. The molecule has 23 heavy (non-hydrogen) atoms. The molecular formula is C17H19N3O3. The van der Waals surface area contributed by atoms with Crippen LogP contribution in [0.4, 0.5) is 5.69 Å². The number of nitrogens with zero attached hydrogens (tertiary/aromatic N) is 1. The van der Waals surface area contributed by atoms with Crippen LogP contribution in [0, 0.1) is 11.8 Å². The Labute approximate surface area is 133 Å². The molecule has 1 heterocycles. The number of carbonyl (C=O) groups is 2. The Bertz CT molecular complexity index is 674. The number of carbonyl (C=O) groups excluding carboxylic acids is 1. The van der Waals surface area contributed by atoms with Gasteiger partial charge in [0.1, 0.15) is 5.92 Å². The third-order valence-electron chi connectivity index (χ3n) is 4.38. The van der Waals surface area contributed by atoms with Crippen molar-refractivity contribution in [2.45, 2.75) is 25.7 Å². The van der Waals surface area contributed by atoms with Crippen LogP contribution >= 0.6 is 0 Å². The molecule has 2 aromatic rings. The van der Waals surface area contributed by atoms with Crippen LogP contribution in [0.15, 0.2) is 36.5 Å². The quantitative estimate of drug-likeness (QED) is 0.740. The molecule has 0 radical (unpaired) electrons. The van der Waals surface area contributed by atoms with E-state index in [1.165, 1.54) is 0 Å². The van der Waals surface area contributed by atoms with E-state index in [4.69, 9.17) is 0 Å². The van der Waals surface area contributed by atoms with Crippen LogP contribution in [0.25, 0.3) is 11.3 Å². The van der Waals surface area contributed by atoms with Crippen LogP contribution in [0.1, 0.15) is 25.7 Å². The summed E-state index contributed by atoms with van der Waals surface area (Å²) in [6, 6.07) is 9.10. The first kappa shape index (κ1) is 15.3. The first-order valence-electron chi connectivity index (χ1n) is 7.78. The van der Waals surface area contributed by atoms with Crippen molar-refractivity contribution in [2.75, 3.05) is 5.32 Å². The number of hydrogen-bond donors (Lipinski definition) is 3. The van der Waals surface area contributed by atoms with Crippen molar-refractivity contribution < 1.29 is 14.7 Å². The second kappa shape index (κ2) is 6.64. The van der Waals surface area contributed by atoms with Crippen LogP contribution in [-0.2, 0) is 9.59 Å². The van der Waals surface area contributed by atoms with E-state index in [9.17, 15) is 14.7 Å². The molecule has 1 fully saturated rings. The van der Waals surface area contributed by atoms with Gasteiger partial charge >= 0.3 is 5.97 Å². The molecule has 3 N–H and O–H groups in total. The minimum Gasteiger partial charge on any atom is -0.481 e. The number of aliphatic carboxylic acids is 1. The van der Waals surface area contributed by atoms with Gasteiger partial charge in [0.2, 0.25) is 5.91 Å². The molecule has 1 aromatic heterocycles. The van der Waals surface area contributed by atoms with E-state index >= 15 is 0 Å². The first-order chi connectivity index (χ1) is 11.1. The zero-order chi connectivity index (χ0) is 16.2. The first-order valence-corrected chi connectivity index (χ1v) is 7.78. The fraction of sp³-hybridized carbons (Fsp3) is 0.353. The highest BCUT2D eigenvalue weighted by Gasteiger charge is 2.36. The van der Waals surface area contributed by atoms with Crippen LogP contribution in [0.5, 0.6) is 0 Å². The summed E-state index contributed by atoms with van der Waals surface area (Å²) in [5, 5.41) is 18.9. The van der Waals surface area contributed by atoms with Crippen molar-refractivity contribution in [1.82, 2.24) is 10.2 Å². The Morgan fingerprint density at radius 2 is 1.87 bits per heavy atom. The Balaban J connectivity index is 1.70. The highest BCUT2D eigenvalue weighted by molar-refractivity contribution is 6.04. The zero-order valence-corrected chi connectivity index (χ0v) is 12.7. The molecule has 0 aliphatic heterocycles. The lowest BCUT2D eigenvalue weighted by Crippen LogP contribution is -2.34. The highest BCUT2D eigenvalue weighted by Crippen LogP contribution is 2.32. The molecule has 1 atom stereocenters. The van der Waals surface area contributed by atoms with Crippen LogP contribution in [0.2, 0.25) is 0 Å². The Kier molecular flexibility index (Phi) is 4.41. The lowest BCUT2D eigenvalue weighted by molar-refractivity contribution is -0.147. The molecule has 6 heteroatoms. The number of aromatic nitrogens is 2. The standard InChI is InChI=1S/C17H19N3O3/c21-16(15(17(22)23)12-3-1-2-4-12)19-13-7-5-11(6-8-13)14-9-10-18-20-14/h5-10,12,15H,1-4H2,(H,18,20)(H,19,21)(H,22,23). The third kappa shape index (κ3) is 3.41. The predicted octanol–water partition coefficient (Wildman–Crippen LogP) is 2.91. The van der Waals surface area contributed by atoms with E-state index < -0.39 is 17.8 Å². The number of carboxylic acids is 1. The largest absolute Gasteiger partial charge is 0.481 e. The fourth-order valence-corrected chi connectivity index (χ4v) is 3.19. The van der Waals surface area contributed by atoms with E-state index in [0.717, 1.165) is 36.9 Å². The van der Waals surface area contributed by atoms with Gasteiger partial charge in [-0.05, 0) is 42.5 Å². The second-order valence-corrected chi connectivity index (χ2v) is 5.90. The van der Waals surface area contributed by atoms with Gasteiger partial charge < -0.3 is 10.4 Å². The summed E-state index contributed by atoms with van der Waals surface area (Å²) < 4.78 is 0. The average molecular weight is 313 g/mol. The van der Waals surface area contributed by atoms with Crippen LogP contribution < -0.4 is 5.32 Å². The lowest BCUT2D eigenvalue weighted by Gasteiger charge is -2.18. The van der Waals surface area contributed by atoms with Crippen molar-refractivity contribution in [2.24, 2.45) is 11.8 Å². The minimum absolute atomic E-state index is 0.0585. The molecule has 6 nitrogen and oxygen atoms in total. The van der Waals surface area contributed by atoms with E-state index in [2.05, 4.69) is 15.5 Å². The number of rotatable bonds is 5. The molecule has 1 aliphatic carbocycles. The predicted molar refractivity (Wildman–Crippen MR) is 85.7 cm³/mol. The molecule has 0 saturated heterocycles. The lowest BCUT2D eigenvalue weighted by atomic mass is 9.90. The zero-order valence-electron chi connectivity index (χ0n) is 12.7. The number of anilines is 1. The summed E-state index contributed by atoms with van der Waals surface area (Å²) >= 11 is 0. The van der Waals surface area contributed by atoms with Gasteiger partial charge in [-0.25, -0.2) is 0 Å². The van der Waals surface area contributed by atoms with Crippen molar-refractivity contribution in [3.63, 3.8) is 0 Å². The summed E-state index contributed by atoms with van der Waals surface area (Å²) in [5.41, 5.74) is 2.44. The van der Waals surface area contributed by atoms with Gasteiger partial charge in [0.05, 0.1) is 5.69 Å². The minimum atomic E-state index is -1.04. The second-order valence-electron chi connectivity index (χ2n) is 5.90. The van der Waals surface area contributed by atoms with E-state index in [0.29, 0.717) is 5.69 Å². The smallest absolute Gasteiger partial charge is 0.316 e. The maximum Gasteiger partial charge on any atom is 0.316 e. The molecule has 120 valence electrons. The van der Waals surface area contributed by atoms with Gasteiger partial charge in [0.25, 0.3) is 0 Å². The van der Waals surface area contributed by atoms with E-state index in [1.807, 2.05) is 18.2 Å². The molecule has 1 aliphatic rings. The normalized spacial score (nSPS) is 16.2. The molecular weight excluding hydrogens is 294 g/mol. The number of carboxylic acid groups (broad SMARTS) is 1. The third-order valence-corrected chi connectivity index (χ3v) is 4.38. The number of benzene rings is 1. The van der Waals surface area contributed by atoms with Gasteiger partial charge in [-0.15, -0.1) is 0 Å². The van der Waals surface area contributed by atoms with Gasteiger partial charge in [0, 0.05) is 11.9 Å². The number of amides is 1. The fourth-order valence-electron chi connectivity index (χ4n) is 3.19. The molecule has 1 aromatic carbocycles. The SMILES string of the molecule is O=C(O)C(C(=O)Nc1ccc(-c2ccn[nH]2)cc1)C1CCCC1. The molecule has 1 saturated carbocycles. The Hall–Kier alpha value is -2.63. The molecule has 0 bridgehead atoms. The maximum atomic E-state index is 12.3. The van der Waals surface area contributed by atoms with Gasteiger partial charge in [0.15, 0.2) is 0 Å². The molecule has 1 unspecified atom stereocenters. The maximum absolute atomic E-state index is 12.3. The summed E-state index contributed by atoms with van der Waals surface area (Å²) in [6.07, 6.45) is 5.29. The monoisotopic (exact) mass is 313 g/mol. The molecule has 3 rings (SSSR count). The average Bonchev–Trinajstić information content (AvgIpc) is 3.21. The van der Waals surface area contributed by atoms with Gasteiger partial charge in [-0.1, -0.05) is 25.0 Å². The van der Waals surface area contributed by atoms with E-state index in [1.54, 1.807) is 18.3 Å². The van der Waals surface area contributed by atoms with E-state index in [-0.39, 0.29) is 5.92 Å². The van der Waals surface area contributed by atoms with Gasteiger partial charge in [-0.2, -0.15) is 5.10 Å². The Morgan fingerprint density at radius 1 is 1.17 bits per heavy atom. The number of aromatic amines is 1. The van der Waals surface area contributed by atoms with Crippen LogP contribution in [0.3, 0.4) is 0 Å². The Morgan fingerprint density at radius 3 is 2.43 bits per heavy atom. The highest BCUT2D eigenvalue weighted by atomic mass is 16.4. The topological polar surface area (TPSA) is 95.1 Å². The van der Waals surface area contributed by atoms with Crippen molar-refractivity contribution in [3.05, 3.63) is 36.5 Å².